The lowest BCUT2D eigenvalue weighted by Crippen LogP contribution is -2.00. The summed E-state index contributed by atoms with van der Waals surface area (Å²) in [5.74, 6) is 1.34. The summed E-state index contributed by atoms with van der Waals surface area (Å²) < 4.78 is 10.6. The topological polar surface area (TPSA) is 68.1 Å². The second-order valence-electron chi connectivity index (χ2n) is 4.57. The molecular formula is C15H14N2O3. The second-order valence-corrected chi connectivity index (χ2v) is 4.57. The Balaban J connectivity index is 2.03. The quantitative estimate of drug-likeness (QED) is 0.743. The maximum absolute atomic E-state index is 11.6. The van der Waals surface area contributed by atoms with E-state index in [4.69, 9.17) is 9.15 Å². The maximum Gasteiger partial charge on any atom is 0.337 e. The van der Waals surface area contributed by atoms with Crippen molar-refractivity contribution in [3.05, 3.63) is 53.3 Å². The van der Waals surface area contributed by atoms with Gasteiger partial charge in [0.15, 0.2) is 0 Å². The highest BCUT2D eigenvalue weighted by Gasteiger charge is 2.14. The van der Waals surface area contributed by atoms with Crippen LogP contribution >= 0.6 is 0 Å². The van der Waals surface area contributed by atoms with Crippen LogP contribution in [0.3, 0.4) is 0 Å². The molecule has 0 fully saturated rings. The van der Waals surface area contributed by atoms with Crippen molar-refractivity contribution >= 4 is 16.9 Å². The van der Waals surface area contributed by atoms with Crippen molar-refractivity contribution in [1.82, 2.24) is 9.97 Å². The lowest BCUT2D eigenvalue weighted by atomic mass is 10.1. The zero-order valence-corrected chi connectivity index (χ0v) is 11.3. The number of carbonyl (C=O) groups excluding carboxylic acids is 1. The zero-order valence-electron chi connectivity index (χ0n) is 11.3. The van der Waals surface area contributed by atoms with Crippen molar-refractivity contribution in [3.8, 4) is 0 Å². The summed E-state index contributed by atoms with van der Waals surface area (Å²) in [7, 11) is 1.37. The van der Waals surface area contributed by atoms with Crippen molar-refractivity contribution in [2.45, 2.75) is 13.3 Å². The van der Waals surface area contributed by atoms with Gasteiger partial charge in [0.05, 0.1) is 19.1 Å². The van der Waals surface area contributed by atoms with Crippen LogP contribution in [0.2, 0.25) is 0 Å². The van der Waals surface area contributed by atoms with E-state index in [1.807, 2.05) is 6.92 Å². The molecule has 0 saturated carbocycles. The molecule has 2 aromatic heterocycles. The van der Waals surface area contributed by atoms with Crippen molar-refractivity contribution in [2.24, 2.45) is 0 Å². The van der Waals surface area contributed by atoms with Gasteiger partial charge in [-0.1, -0.05) is 0 Å². The smallest absolute Gasteiger partial charge is 0.337 e. The number of nitrogens with one attached hydrogen (secondary N) is 1. The molecule has 5 heteroatoms. The molecule has 1 aromatic carbocycles. The van der Waals surface area contributed by atoms with E-state index in [0.29, 0.717) is 12.0 Å². The van der Waals surface area contributed by atoms with Gasteiger partial charge < -0.3 is 14.1 Å². The van der Waals surface area contributed by atoms with Crippen molar-refractivity contribution in [3.63, 3.8) is 0 Å². The van der Waals surface area contributed by atoms with Gasteiger partial charge in [0.25, 0.3) is 0 Å². The molecule has 3 aromatic rings. The Bertz CT molecular complexity index is 757. The van der Waals surface area contributed by atoms with E-state index < -0.39 is 0 Å². The van der Waals surface area contributed by atoms with Gasteiger partial charge in [0.2, 0.25) is 0 Å². The molecule has 0 aliphatic rings. The second kappa shape index (κ2) is 4.85. The van der Waals surface area contributed by atoms with Crippen LogP contribution in [0.4, 0.5) is 0 Å². The monoisotopic (exact) mass is 270 g/mol. The predicted octanol–water partition coefficient (Wildman–Crippen LogP) is 2.84. The molecule has 0 aliphatic heterocycles. The first-order valence-corrected chi connectivity index (χ1v) is 6.27. The molecule has 0 unspecified atom stereocenters. The summed E-state index contributed by atoms with van der Waals surface area (Å²) in [6, 6.07) is 5.29. The molecule has 0 radical (unpaired) electrons. The molecular weight excluding hydrogens is 256 g/mol. The first kappa shape index (κ1) is 12.5. The third-order valence-corrected chi connectivity index (χ3v) is 3.34. The van der Waals surface area contributed by atoms with Crippen molar-refractivity contribution in [2.75, 3.05) is 7.11 Å². The molecule has 5 nitrogen and oxygen atoms in total. The standard InChI is InChI=1S/C15H14N2O3/c1-9-11-7-10(15(18)19-2)3-4-12(11)20-13(9)8-14-16-5-6-17-14/h3-7H,8H2,1-2H3,(H,16,17). The number of rotatable bonds is 3. The highest BCUT2D eigenvalue weighted by Crippen LogP contribution is 2.27. The Morgan fingerprint density at radius 2 is 2.30 bits per heavy atom. The van der Waals surface area contributed by atoms with Gasteiger partial charge in [-0.05, 0) is 30.7 Å². The lowest BCUT2D eigenvalue weighted by molar-refractivity contribution is 0.0601. The van der Waals surface area contributed by atoms with E-state index in [2.05, 4.69) is 9.97 Å². The Morgan fingerprint density at radius 3 is 3.00 bits per heavy atom. The molecule has 0 spiro atoms. The number of aromatic amines is 1. The zero-order chi connectivity index (χ0) is 14.1. The highest BCUT2D eigenvalue weighted by molar-refractivity contribution is 5.95. The summed E-state index contributed by atoms with van der Waals surface area (Å²) in [5.41, 5.74) is 2.30. The first-order chi connectivity index (χ1) is 9.69. The third-order valence-electron chi connectivity index (χ3n) is 3.34. The Kier molecular flexibility index (Phi) is 3.02. The van der Waals surface area contributed by atoms with E-state index in [0.717, 1.165) is 28.1 Å². The number of H-pyrrole nitrogens is 1. The molecule has 102 valence electrons. The van der Waals surface area contributed by atoms with E-state index in [-0.39, 0.29) is 5.97 Å². The van der Waals surface area contributed by atoms with E-state index in [9.17, 15) is 4.79 Å². The summed E-state index contributed by atoms with van der Waals surface area (Å²) in [4.78, 5) is 18.8. The molecule has 0 amide bonds. The fourth-order valence-electron chi connectivity index (χ4n) is 2.23. The third kappa shape index (κ3) is 2.07. The van der Waals surface area contributed by atoms with Gasteiger partial charge in [-0.15, -0.1) is 0 Å². The number of esters is 1. The molecule has 0 saturated heterocycles. The summed E-state index contributed by atoms with van der Waals surface area (Å²) in [6.45, 7) is 1.98. The van der Waals surface area contributed by atoms with Gasteiger partial charge in [0.1, 0.15) is 17.2 Å². The number of benzene rings is 1. The Hall–Kier alpha value is -2.56. The normalized spacial score (nSPS) is 10.9. The summed E-state index contributed by atoms with van der Waals surface area (Å²) >= 11 is 0. The van der Waals surface area contributed by atoms with Gasteiger partial charge in [0, 0.05) is 17.8 Å². The Labute approximate surface area is 115 Å². The van der Waals surface area contributed by atoms with Crippen LogP contribution < -0.4 is 0 Å². The molecule has 20 heavy (non-hydrogen) atoms. The average molecular weight is 270 g/mol. The number of imidazole rings is 1. The van der Waals surface area contributed by atoms with Crippen LogP contribution in [-0.2, 0) is 11.2 Å². The van der Waals surface area contributed by atoms with Crippen LogP contribution in [-0.4, -0.2) is 23.0 Å². The number of hydrogen-bond acceptors (Lipinski definition) is 4. The first-order valence-electron chi connectivity index (χ1n) is 6.27. The fourth-order valence-corrected chi connectivity index (χ4v) is 2.23. The number of furan rings is 1. The fraction of sp³-hybridized carbons (Fsp3) is 0.200. The summed E-state index contributed by atoms with van der Waals surface area (Å²) in [5, 5.41) is 0.925. The van der Waals surface area contributed by atoms with Crippen molar-refractivity contribution in [1.29, 1.82) is 0 Å². The minimum absolute atomic E-state index is 0.347. The van der Waals surface area contributed by atoms with Crippen LogP contribution in [0.5, 0.6) is 0 Å². The average Bonchev–Trinajstić information content (AvgIpc) is 3.08. The maximum atomic E-state index is 11.6. The number of methoxy groups -OCH3 is 1. The van der Waals surface area contributed by atoms with E-state index in [1.54, 1.807) is 30.6 Å². The number of fused-ring (bicyclic) bond motifs is 1. The largest absolute Gasteiger partial charge is 0.465 e. The van der Waals surface area contributed by atoms with Gasteiger partial charge in [-0.2, -0.15) is 0 Å². The van der Waals surface area contributed by atoms with Crippen LogP contribution in [0.1, 0.15) is 27.5 Å². The molecule has 0 aliphatic carbocycles. The number of aromatic nitrogens is 2. The molecule has 1 N–H and O–H groups in total. The number of carbonyl (C=O) groups is 1. The minimum atomic E-state index is -0.347. The molecule has 3 rings (SSSR count). The lowest BCUT2D eigenvalue weighted by Gasteiger charge is -1.98. The van der Waals surface area contributed by atoms with Gasteiger partial charge in [-0.25, -0.2) is 9.78 Å². The van der Waals surface area contributed by atoms with E-state index >= 15 is 0 Å². The minimum Gasteiger partial charge on any atom is -0.465 e. The number of hydrogen-bond donors (Lipinski definition) is 1. The summed E-state index contributed by atoms with van der Waals surface area (Å²) in [6.07, 6.45) is 4.09. The highest BCUT2D eigenvalue weighted by atomic mass is 16.5. The molecule has 0 atom stereocenters. The molecule has 2 heterocycles. The van der Waals surface area contributed by atoms with Gasteiger partial charge >= 0.3 is 5.97 Å². The molecule has 0 bridgehead atoms. The van der Waals surface area contributed by atoms with Crippen LogP contribution in [0.25, 0.3) is 11.0 Å². The number of aryl methyl sites for hydroxylation is 1. The predicted molar refractivity (Wildman–Crippen MR) is 73.7 cm³/mol. The van der Waals surface area contributed by atoms with Crippen molar-refractivity contribution < 1.29 is 13.9 Å². The number of ether oxygens (including phenoxy) is 1. The van der Waals surface area contributed by atoms with Gasteiger partial charge in [-0.3, -0.25) is 0 Å². The number of nitrogens with zero attached hydrogens (tertiary/aromatic N) is 1. The van der Waals surface area contributed by atoms with E-state index in [1.165, 1.54) is 7.11 Å². The van der Waals surface area contributed by atoms with Crippen LogP contribution in [0.15, 0.2) is 35.0 Å². The SMILES string of the molecule is COC(=O)c1ccc2oc(Cc3ncc[nH]3)c(C)c2c1. The Morgan fingerprint density at radius 1 is 1.45 bits per heavy atom. The van der Waals surface area contributed by atoms with Crippen LogP contribution in [0, 0.1) is 6.92 Å².